The van der Waals surface area contributed by atoms with Crippen molar-refractivity contribution in [1.82, 2.24) is 0 Å². The van der Waals surface area contributed by atoms with Crippen molar-refractivity contribution in [2.45, 2.75) is 0 Å². The van der Waals surface area contributed by atoms with Crippen molar-refractivity contribution in [2.24, 2.45) is 0 Å². The third kappa shape index (κ3) is 528. The van der Waals surface area contributed by atoms with Crippen LogP contribution < -0.4 is 0 Å². The standard InChI is InChI=1S/2Al.H3O4P.3O/c;;1-5(2,3)4;;;/h;;(H3,1,2,3,4);;;/q2*+3;;3*-2. The molecule has 0 saturated heterocycles. The van der Waals surface area contributed by atoms with E-state index in [0.717, 1.165) is 0 Å². The molecule has 0 amide bonds. The summed E-state index contributed by atoms with van der Waals surface area (Å²) in [4.78, 5) is 21.6. The van der Waals surface area contributed by atoms with Gasteiger partial charge in [-0.3, -0.25) is 0 Å². The summed E-state index contributed by atoms with van der Waals surface area (Å²) < 4.78 is 8.88. The zero-order valence-corrected chi connectivity index (χ0v) is 7.78. The van der Waals surface area contributed by atoms with Crippen molar-refractivity contribution in [2.75, 3.05) is 0 Å². The average molecular weight is 200 g/mol. The molecule has 0 atom stereocenters. The molecule has 10 heteroatoms. The van der Waals surface area contributed by atoms with Gasteiger partial charge < -0.3 is 31.1 Å². The van der Waals surface area contributed by atoms with Gasteiger partial charge in [-0.05, 0) is 0 Å². The first-order chi connectivity index (χ1) is 2.00. The molecule has 0 aliphatic rings. The number of hydrogen-bond acceptors (Lipinski definition) is 1. The molecular weight excluding hydrogens is 197 g/mol. The van der Waals surface area contributed by atoms with E-state index in [0.29, 0.717) is 0 Å². The van der Waals surface area contributed by atoms with Crippen molar-refractivity contribution in [3.05, 3.63) is 0 Å². The van der Waals surface area contributed by atoms with Crippen LogP contribution >= 0.6 is 7.82 Å². The monoisotopic (exact) mass is 200 g/mol. The van der Waals surface area contributed by atoms with Crippen LogP contribution in [0.25, 0.3) is 0 Å². The predicted molar refractivity (Wildman–Crippen MR) is 27.8 cm³/mol. The number of hydrogen-bond donors (Lipinski definition) is 3. The van der Waals surface area contributed by atoms with Crippen LogP contribution in [0.1, 0.15) is 0 Å². The summed E-state index contributed by atoms with van der Waals surface area (Å²) in [5.74, 6) is 0. The van der Waals surface area contributed by atoms with E-state index >= 15 is 0 Å². The Morgan fingerprint density at radius 2 is 0.800 bits per heavy atom. The Balaban J connectivity index is -0.00000000800. The van der Waals surface area contributed by atoms with Crippen LogP contribution in [0.15, 0.2) is 0 Å². The fourth-order valence-electron chi connectivity index (χ4n) is 0. The van der Waals surface area contributed by atoms with Crippen LogP contribution in [0.4, 0.5) is 0 Å². The van der Waals surface area contributed by atoms with Crippen LogP contribution in [-0.4, -0.2) is 49.4 Å². The van der Waals surface area contributed by atoms with Gasteiger partial charge in [0.15, 0.2) is 0 Å². The molecule has 0 bridgehead atoms. The predicted octanol–water partition coefficient (Wildman–Crippen LogP) is -2.05. The van der Waals surface area contributed by atoms with Crippen LogP contribution in [0.3, 0.4) is 0 Å². The Morgan fingerprint density at radius 3 is 0.800 bits per heavy atom. The average Bonchev–Trinajstić information content (AvgIpc) is 0.722. The Hall–Kier alpha value is 1.05. The summed E-state index contributed by atoms with van der Waals surface area (Å²) in [6.07, 6.45) is 0. The summed E-state index contributed by atoms with van der Waals surface area (Å²) in [5, 5.41) is 0. The van der Waals surface area contributed by atoms with Crippen molar-refractivity contribution < 1.29 is 35.7 Å². The van der Waals surface area contributed by atoms with Gasteiger partial charge in [-0.15, -0.1) is 0 Å². The van der Waals surface area contributed by atoms with Gasteiger partial charge in [0.2, 0.25) is 0 Å². The molecule has 0 saturated carbocycles. The molecule has 0 aliphatic heterocycles. The van der Waals surface area contributed by atoms with E-state index in [1.807, 2.05) is 0 Å². The van der Waals surface area contributed by atoms with E-state index in [9.17, 15) is 0 Å². The maximum absolute atomic E-state index is 8.88. The maximum Gasteiger partial charge on any atom is 3.00 e. The van der Waals surface area contributed by atoms with E-state index in [4.69, 9.17) is 19.2 Å². The fourth-order valence-corrected chi connectivity index (χ4v) is 0. The molecular formula is H3Al2O7P. The first-order valence-corrected chi connectivity index (χ1v) is 2.35. The zero-order chi connectivity index (χ0) is 4.50. The summed E-state index contributed by atoms with van der Waals surface area (Å²) in [5.41, 5.74) is 0. The minimum Gasteiger partial charge on any atom is -2.00 e. The Morgan fingerprint density at radius 1 is 0.800 bits per heavy atom. The van der Waals surface area contributed by atoms with Gasteiger partial charge in [-0.25, -0.2) is 4.57 Å². The Labute approximate surface area is 78.5 Å². The van der Waals surface area contributed by atoms with E-state index < -0.39 is 7.82 Å². The molecule has 0 aromatic heterocycles. The van der Waals surface area contributed by atoms with Gasteiger partial charge in [0, 0.05) is 0 Å². The molecule has 3 N–H and O–H groups in total. The van der Waals surface area contributed by atoms with Gasteiger partial charge in [0.1, 0.15) is 0 Å². The van der Waals surface area contributed by atoms with E-state index in [-0.39, 0.29) is 51.2 Å². The molecule has 0 aromatic carbocycles. The molecule has 10 heavy (non-hydrogen) atoms. The summed E-state index contributed by atoms with van der Waals surface area (Å²) in [6, 6.07) is 0. The fraction of sp³-hybridized carbons (Fsp3) is 0. The van der Waals surface area contributed by atoms with E-state index in [2.05, 4.69) is 0 Å². The molecule has 0 radical (unpaired) electrons. The quantitative estimate of drug-likeness (QED) is 0.303. The normalized spacial score (nSPS) is 5.90. The molecule has 0 heterocycles. The van der Waals surface area contributed by atoms with E-state index in [1.54, 1.807) is 0 Å². The zero-order valence-electron chi connectivity index (χ0n) is 4.58. The smallest absolute Gasteiger partial charge is 2.00 e. The largest absolute Gasteiger partial charge is 3.00 e. The van der Waals surface area contributed by atoms with Gasteiger partial charge in [-0.1, -0.05) is 0 Å². The van der Waals surface area contributed by atoms with Gasteiger partial charge >= 0.3 is 42.5 Å². The first kappa shape index (κ1) is 43.7. The minimum atomic E-state index is -4.64. The SMILES string of the molecule is O=P(O)(O)O.[Al+3].[Al+3].[O-2].[O-2].[O-2]. The number of phosphoric acid groups is 1. The maximum atomic E-state index is 8.88. The molecule has 0 unspecified atom stereocenters. The van der Waals surface area contributed by atoms with Crippen molar-refractivity contribution in [3.63, 3.8) is 0 Å². The molecule has 0 aliphatic carbocycles. The van der Waals surface area contributed by atoms with Gasteiger partial charge in [0.25, 0.3) is 0 Å². The number of rotatable bonds is 0. The topological polar surface area (TPSA) is 163 Å². The second-order valence-electron chi connectivity index (χ2n) is 0.513. The van der Waals surface area contributed by atoms with Crippen molar-refractivity contribution in [1.29, 1.82) is 0 Å². The van der Waals surface area contributed by atoms with Crippen molar-refractivity contribution in [3.8, 4) is 0 Å². The third-order valence-electron chi connectivity index (χ3n) is 0. The molecule has 0 spiro atoms. The van der Waals surface area contributed by atoms with Gasteiger partial charge in [0.05, 0.1) is 0 Å². The third-order valence-corrected chi connectivity index (χ3v) is 0. The van der Waals surface area contributed by atoms with Crippen LogP contribution in [0.2, 0.25) is 0 Å². The second kappa shape index (κ2) is 16.6. The van der Waals surface area contributed by atoms with Crippen LogP contribution in [0.5, 0.6) is 0 Å². The molecule has 56 valence electrons. The minimum absolute atomic E-state index is 0. The van der Waals surface area contributed by atoms with Crippen LogP contribution in [-0.2, 0) is 21.0 Å². The molecule has 0 fully saturated rings. The summed E-state index contributed by atoms with van der Waals surface area (Å²) in [6.45, 7) is 0. The van der Waals surface area contributed by atoms with E-state index in [1.165, 1.54) is 0 Å². The Kier molecular flexibility index (Phi) is 72.5. The first-order valence-electron chi connectivity index (χ1n) is 0.783. The molecule has 0 aromatic rings. The van der Waals surface area contributed by atoms with Gasteiger partial charge in [-0.2, -0.15) is 0 Å². The summed E-state index contributed by atoms with van der Waals surface area (Å²) >= 11 is 0. The molecule has 7 nitrogen and oxygen atoms in total. The summed E-state index contributed by atoms with van der Waals surface area (Å²) in [7, 11) is -4.64. The molecule has 0 rings (SSSR count). The Bertz CT molecular complexity index is 57.7. The van der Waals surface area contributed by atoms with Crippen molar-refractivity contribution >= 4 is 42.5 Å². The van der Waals surface area contributed by atoms with Crippen LogP contribution in [0, 0.1) is 0 Å². The second-order valence-corrected chi connectivity index (χ2v) is 1.54.